The first-order chi connectivity index (χ1) is 12.2. The van der Waals surface area contributed by atoms with E-state index < -0.39 is 0 Å². The molecule has 3 rings (SSSR count). The van der Waals surface area contributed by atoms with Crippen molar-refractivity contribution in [2.45, 2.75) is 12.8 Å². The predicted molar refractivity (Wildman–Crippen MR) is 97.2 cm³/mol. The smallest absolute Gasteiger partial charge is 0.319 e. The number of hydrogen-bond donors (Lipinski definition) is 2. The van der Waals surface area contributed by atoms with Crippen LogP contribution in [0.5, 0.6) is 0 Å². The van der Waals surface area contributed by atoms with Gasteiger partial charge in [-0.25, -0.2) is 9.78 Å². The molecule has 1 heterocycles. The van der Waals surface area contributed by atoms with E-state index in [1.54, 1.807) is 24.3 Å². The summed E-state index contributed by atoms with van der Waals surface area (Å²) in [5.41, 5.74) is 3.22. The second-order valence-corrected chi connectivity index (χ2v) is 5.75. The molecule has 0 spiro atoms. The van der Waals surface area contributed by atoms with Crippen LogP contribution in [0.2, 0.25) is 0 Å². The van der Waals surface area contributed by atoms with Crippen LogP contribution in [-0.2, 0) is 13.5 Å². The van der Waals surface area contributed by atoms with Crippen LogP contribution in [-0.4, -0.2) is 22.1 Å². The first kappa shape index (κ1) is 16.5. The Morgan fingerprint density at radius 2 is 2.08 bits per heavy atom. The van der Waals surface area contributed by atoms with Gasteiger partial charge in [0.05, 0.1) is 22.7 Å². The van der Waals surface area contributed by atoms with Gasteiger partial charge in [0.1, 0.15) is 5.82 Å². The van der Waals surface area contributed by atoms with Gasteiger partial charge in [-0.3, -0.25) is 0 Å². The number of para-hydroxylation sites is 2. The van der Waals surface area contributed by atoms with Crippen molar-refractivity contribution in [1.29, 1.82) is 5.26 Å². The Labute approximate surface area is 146 Å². The van der Waals surface area contributed by atoms with Crippen molar-refractivity contribution in [1.82, 2.24) is 14.9 Å². The SMILES string of the molecule is Cn1c(CCCNC(=O)Nc2cccc(C#N)c2)nc2ccccc21. The molecule has 6 heteroatoms. The summed E-state index contributed by atoms with van der Waals surface area (Å²) in [7, 11) is 2.01. The molecule has 0 aliphatic heterocycles. The molecular weight excluding hydrogens is 314 g/mol. The lowest BCUT2D eigenvalue weighted by molar-refractivity contribution is 0.252. The summed E-state index contributed by atoms with van der Waals surface area (Å²) >= 11 is 0. The van der Waals surface area contributed by atoms with E-state index in [-0.39, 0.29) is 6.03 Å². The highest BCUT2D eigenvalue weighted by molar-refractivity contribution is 5.89. The van der Waals surface area contributed by atoms with Gasteiger partial charge in [-0.15, -0.1) is 0 Å². The topological polar surface area (TPSA) is 82.7 Å². The Hall–Kier alpha value is -3.33. The quantitative estimate of drug-likeness (QED) is 0.703. The molecule has 0 atom stereocenters. The molecule has 3 aromatic rings. The maximum atomic E-state index is 11.9. The lowest BCUT2D eigenvalue weighted by Gasteiger charge is -2.08. The normalized spacial score (nSPS) is 10.4. The fourth-order valence-corrected chi connectivity index (χ4v) is 2.71. The number of aryl methyl sites for hydroxylation is 2. The molecule has 0 saturated heterocycles. The van der Waals surface area contributed by atoms with Crippen LogP contribution in [0.4, 0.5) is 10.5 Å². The molecule has 0 bridgehead atoms. The van der Waals surface area contributed by atoms with Crippen LogP contribution < -0.4 is 10.6 Å². The zero-order valence-electron chi connectivity index (χ0n) is 14.0. The number of carbonyl (C=O) groups excluding carboxylic acids is 1. The van der Waals surface area contributed by atoms with Gasteiger partial charge in [-0.2, -0.15) is 5.26 Å². The molecule has 0 radical (unpaired) electrons. The average Bonchev–Trinajstić information content (AvgIpc) is 2.95. The van der Waals surface area contributed by atoms with E-state index >= 15 is 0 Å². The van der Waals surface area contributed by atoms with Gasteiger partial charge in [0.25, 0.3) is 0 Å². The van der Waals surface area contributed by atoms with Gasteiger partial charge < -0.3 is 15.2 Å². The Morgan fingerprint density at radius 3 is 2.88 bits per heavy atom. The maximum Gasteiger partial charge on any atom is 0.319 e. The number of hydrogen-bond acceptors (Lipinski definition) is 3. The largest absolute Gasteiger partial charge is 0.338 e. The lowest BCUT2D eigenvalue weighted by Crippen LogP contribution is -2.29. The van der Waals surface area contributed by atoms with E-state index in [2.05, 4.69) is 20.2 Å². The Bertz CT molecular complexity index is 938. The first-order valence-corrected chi connectivity index (χ1v) is 8.13. The van der Waals surface area contributed by atoms with E-state index in [9.17, 15) is 4.79 Å². The van der Waals surface area contributed by atoms with Crippen LogP contribution in [0.1, 0.15) is 17.8 Å². The van der Waals surface area contributed by atoms with Gasteiger partial charge in [-0.05, 0) is 36.8 Å². The standard InChI is InChI=1S/C19H19N5O/c1-24-17-9-3-2-8-16(17)23-18(24)10-5-11-21-19(25)22-15-7-4-6-14(12-15)13-20/h2-4,6-9,12H,5,10-11H2,1H3,(H2,21,22,25). The molecular formula is C19H19N5O. The number of carbonyl (C=O) groups is 1. The number of rotatable bonds is 5. The molecule has 2 aromatic carbocycles. The van der Waals surface area contributed by atoms with E-state index in [0.717, 1.165) is 29.7 Å². The number of nitrogens with zero attached hydrogens (tertiary/aromatic N) is 3. The highest BCUT2D eigenvalue weighted by Gasteiger charge is 2.07. The third kappa shape index (κ3) is 3.96. The maximum absolute atomic E-state index is 11.9. The van der Waals surface area contributed by atoms with Crippen LogP contribution in [0.15, 0.2) is 48.5 Å². The van der Waals surface area contributed by atoms with Crippen LogP contribution >= 0.6 is 0 Å². The number of aromatic nitrogens is 2. The minimum Gasteiger partial charge on any atom is -0.338 e. The van der Waals surface area contributed by atoms with Gasteiger partial charge in [-0.1, -0.05) is 18.2 Å². The number of amides is 2. The van der Waals surface area contributed by atoms with Gasteiger partial charge in [0.2, 0.25) is 0 Å². The third-order valence-corrected chi connectivity index (χ3v) is 3.99. The second kappa shape index (κ2) is 7.49. The van der Waals surface area contributed by atoms with Crippen LogP contribution in [0, 0.1) is 11.3 Å². The average molecular weight is 333 g/mol. The molecule has 126 valence electrons. The van der Waals surface area contributed by atoms with Crippen molar-refractivity contribution in [3.8, 4) is 6.07 Å². The number of urea groups is 1. The summed E-state index contributed by atoms with van der Waals surface area (Å²) in [5.74, 6) is 1.00. The molecule has 0 aliphatic rings. The van der Waals surface area contributed by atoms with Gasteiger partial charge in [0.15, 0.2) is 0 Å². The van der Waals surface area contributed by atoms with Gasteiger partial charge >= 0.3 is 6.03 Å². The highest BCUT2D eigenvalue weighted by Crippen LogP contribution is 2.15. The minimum absolute atomic E-state index is 0.278. The van der Waals surface area contributed by atoms with Crippen LogP contribution in [0.25, 0.3) is 11.0 Å². The zero-order valence-corrected chi connectivity index (χ0v) is 14.0. The highest BCUT2D eigenvalue weighted by atomic mass is 16.2. The number of benzene rings is 2. The van der Waals surface area contributed by atoms with Crippen molar-refractivity contribution in [3.05, 3.63) is 59.9 Å². The van der Waals surface area contributed by atoms with Crippen molar-refractivity contribution >= 4 is 22.8 Å². The molecule has 0 saturated carbocycles. The summed E-state index contributed by atoms with van der Waals surface area (Å²) in [6.07, 6.45) is 1.58. The first-order valence-electron chi connectivity index (χ1n) is 8.13. The summed E-state index contributed by atoms with van der Waals surface area (Å²) in [6, 6.07) is 16.6. The Morgan fingerprint density at radius 1 is 1.24 bits per heavy atom. The summed E-state index contributed by atoms with van der Waals surface area (Å²) in [6.45, 7) is 0.549. The van der Waals surface area contributed by atoms with E-state index in [1.165, 1.54) is 0 Å². The molecule has 0 aliphatic carbocycles. The number of fused-ring (bicyclic) bond motifs is 1. The Balaban J connectivity index is 1.48. The number of imidazole rings is 1. The van der Waals surface area contributed by atoms with E-state index in [0.29, 0.717) is 17.8 Å². The van der Waals surface area contributed by atoms with Gasteiger partial charge in [0, 0.05) is 25.7 Å². The minimum atomic E-state index is -0.278. The second-order valence-electron chi connectivity index (χ2n) is 5.75. The summed E-state index contributed by atoms with van der Waals surface area (Å²) in [5, 5.41) is 14.4. The molecule has 0 fully saturated rings. The fraction of sp³-hybridized carbons (Fsp3) is 0.211. The molecule has 0 unspecified atom stereocenters. The lowest BCUT2D eigenvalue weighted by atomic mass is 10.2. The van der Waals surface area contributed by atoms with Crippen molar-refractivity contribution in [2.75, 3.05) is 11.9 Å². The Kier molecular flexibility index (Phi) is 4.95. The van der Waals surface area contributed by atoms with E-state index in [1.807, 2.05) is 37.4 Å². The number of nitrogens with one attached hydrogen (secondary N) is 2. The zero-order chi connectivity index (χ0) is 17.6. The van der Waals surface area contributed by atoms with Crippen molar-refractivity contribution < 1.29 is 4.79 Å². The van der Waals surface area contributed by atoms with Crippen LogP contribution in [0.3, 0.4) is 0 Å². The molecule has 25 heavy (non-hydrogen) atoms. The molecule has 2 N–H and O–H groups in total. The third-order valence-electron chi connectivity index (χ3n) is 3.99. The van der Waals surface area contributed by atoms with Crippen molar-refractivity contribution in [3.63, 3.8) is 0 Å². The van der Waals surface area contributed by atoms with E-state index in [4.69, 9.17) is 5.26 Å². The summed E-state index contributed by atoms with van der Waals surface area (Å²) in [4.78, 5) is 16.5. The van der Waals surface area contributed by atoms with Crippen molar-refractivity contribution in [2.24, 2.45) is 7.05 Å². The molecule has 2 amide bonds. The number of nitriles is 1. The monoisotopic (exact) mass is 333 g/mol. The summed E-state index contributed by atoms with van der Waals surface area (Å²) < 4.78 is 2.09. The number of anilines is 1. The molecule has 6 nitrogen and oxygen atoms in total. The molecule has 1 aromatic heterocycles. The predicted octanol–water partition coefficient (Wildman–Crippen LogP) is 3.20. The fourth-order valence-electron chi connectivity index (χ4n) is 2.71.